The van der Waals surface area contributed by atoms with E-state index in [1.807, 2.05) is 24.3 Å². The fraction of sp³-hybridized carbons (Fsp3) is 0.125. The largest absolute Gasteiger partial charge is 0.497 e. The number of para-hydroxylation sites is 1. The van der Waals surface area contributed by atoms with Gasteiger partial charge in [-0.05, 0) is 42.8 Å². The summed E-state index contributed by atoms with van der Waals surface area (Å²) in [6.07, 6.45) is 0.891. The molecule has 0 saturated carbocycles. The number of nitrogens with zero attached hydrogens (tertiary/aromatic N) is 2. The number of hydrogen-bond acceptors (Lipinski definition) is 2. The van der Waals surface area contributed by atoms with E-state index in [4.69, 9.17) is 9.72 Å². The molecule has 0 amide bonds. The smallest absolute Gasteiger partial charge is 0.145 e. The Balaban J connectivity index is 1.97. The van der Waals surface area contributed by atoms with Gasteiger partial charge in [-0.2, -0.15) is 0 Å². The highest BCUT2D eigenvalue weighted by Gasteiger charge is 2.19. The van der Waals surface area contributed by atoms with Crippen molar-refractivity contribution in [1.29, 1.82) is 0 Å². The minimum Gasteiger partial charge on any atom is -0.497 e. The average molecular weight is 354 g/mol. The summed E-state index contributed by atoms with van der Waals surface area (Å²) in [5.41, 5.74) is 5.57. The van der Waals surface area contributed by atoms with Gasteiger partial charge in [0.2, 0.25) is 0 Å². The molecule has 4 rings (SSSR count). The lowest BCUT2D eigenvalue weighted by Crippen LogP contribution is -2.02. The summed E-state index contributed by atoms with van der Waals surface area (Å²) in [6.45, 7) is 2.18. The van der Waals surface area contributed by atoms with Crippen LogP contribution in [0.5, 0.6) is 5.75 Å². The Morgan fingerprint density at radius 1 is 0.778 bits per heavy atom. The Kier molecular flexibility index (Phi) is 4.75. The van der Waals surface area contributed by atoms with Crippen molar-refractivity contribution in [2.45, 2.75) is 13.3 Å². The molecule has 3 aromatic carbocycles. The molecule has 0 N–H and O–H groups in total. The summed E-state index contributed by atoms with van der Waals surface area (Å²) in [7, 11) is 1.68. The predicted octanol–water partition coefficient (Wildman–Crippen LogP) is 5.78. The Bertz CT molecular complexity index is 1020. The molecule has 0 atom stereocenters. The lowest BCUT2D eigenvalue weighted by molar-refractivity contribution is 0.415. The van der Waals surface area contributed by atoms with Gasteiger partial charge in [-0.1, -0.05) is 55.5 Å². The van der Waals surface area contributed by atoms with E-state index in [0.717, 1.165) is 40.5 Å². The molecule has 0 fully saturated rings. The maximum absolute atomic E-state index is 5.31. The third-order valence-electron chi connectivity index (χ3n) is 4.72. The third kappa shape index (κ3) is 3.24. The first-order valence-electron chi connectivity index (χ1n) is 9.18. The minimum atomic E-state index is 0.843. The summed E-state index contributed by atoms with van der Waals surface area (Å²) >= 11 is 0. The zero-order chi connectivity index (χ0) is 18.6. The molecule has 0 aliphatic carbocycles. The molecule has 1 heterocycles. The van der Waals surface area contributed by atoms with E-state index in [2.05, 4.69) is 72.2 Å². The van der Waals surface area contributed by atoms with Crippen molar-refractivity contribution in [3.05, 3.63) is 90.6 Å². The van der Waals surface area contributed by atoms with Crippen molar-refractivity contribution in [3.8, 4) is 34.1 Å². The van der Waals surface area contributed by atoms with Crippen LogP contribution >= 0.6 is 0 Å². The SMILES string of the molecule is CCc1c(-c2ccccc2)nc(-c2ccc(OC)cc2)n1-c1ccccc1. The maximum atomic E-state index is 5.31. The van der Waals surface area contributed by atoms with Crippen LogP contribution in [0, 0.1) is 0 Å². The van der Waals surface area contributed by atoms with Crippen LogP contribution in [-0.2, 0) is 6.42 Å². The first-order chi connectivity index (χ1) is 13.3. The quantitative estimate of drug-likeness (QED) is 0.454. The fourth-order valence-electron chi connectivity index (χ4n) is 3.40. The van der Waals surface area contributed by atoms with Crippen LogP contribution < -0.4 is 4.74 Å². The van der Waals surface area contributed by atoms with Crippen LogP contribution in [0.15, 0.2) is 84.9 Å². The number of ether oxygens (including phenoxy) is 1. The minimum absolute atomic E-state index is 0.843. The summed E-state index contributed by atoms with van der Waals surface area (Å²) in [5, 5.41) is 0. The monoisotopic (exact) mass is 354 g/mol. The molecular weight excluding hydrogens is 332 g/mol. The van der Waals surface area contributed by atoms with Gasteiger partial charge < -0.3 is 4.74 Å². The molecule has 0 saturated heterocycles. The van der Waals surface area contributed by atoms with E-state index in [1.165, 1.54) is 5.69 Å². The van der Waals surface area contributed by atoms with E-state index in [1.54, 1.807) is 7.11 Å². The molecule has 134 valence electrons. The van der Waals surface area contributed by atoms with E-state index in [-0.39, 0.29) is 0 Å². The lowest BCUT2D eigenvalue weighted by atomic mass is 10.1. The number of benzene rings is 3. The second kappa shape index (κ2) is 7.50. The van der Waals surface area contributed by atoms with E-state index >= 15 is 0 Å². The van der Waals surface area contributed by atoms with Crippen molar-refractivity contribution < 1.29 is 4.74 Å². The van der Waals surface area contributed by atoms with Crippen LogP contribution in [-0.4, -0.2) is 16.7 Å². The highest BCUT2D eigenvalue weighted by atomic mass is 16.5. The second-order valence-electron chi connectivity index (χ2n) is 6.35. The first kappa shape index (κ1) is 17.1. The van der Waals surface area contributed by atoms with Crippen LogP contribution in [0.25, 0.3) is 28.3 Å². The predicted molar refractivity (Wildman–Crippen MR) is 110 cm³/mol. The molecule has 0 unspecified atom stereocenters. The molecule has 0 radical (unpaired) electrons. The normalized spacial score (nSPS) is 10.7. The van der Waals surface area contributed by atoms with Gasteiger partial charge in [0.15, 0.2) is 0 Å². The zero-order valence-corrected chi connectivity index (χ0v) is 15.6. The highest BCUT2D eigenvalue weighted by Crippen LogP contribution is 2.33. The van der Waals surface area contributed by atoms with Crippen LogP contribution in [0.3, 0.4) is 0 Å². The van der Waals surface area contributed by atoms with Gasteiger partial charge in [0.1, 0.15) is 11.6 Å². The molecule has 4 aromatic rings. The zero-order valence-electron chi connectivity index (χ0n) is 15.6. The Morgan fingerprint density at radius 2 is 1.41 bits per heavy atom. The van der Waals surface area contributed by atoms with Crippen molar-refractivity contribution >= 4 is 0 Å². The molecule has 0 spiro atoms. The van der Waals surface area contributed by atoms with Gasteiger partial charge in [0, 0.05) is 16.8 Å². The van der Waals surface area contributed by atoms with E-state index in [0.29, 0.717) is 0 Å². The summed E-state index contributed by atoms with van der Waals surface area (Å²) < 4.78 is 7.58. The molecule has 3 heteroatoms. The van der Waals surface area contributed by atoms with Crippen molar-refractivity contribution in [3.63, 3.8) is 0 Å². The topological polar surface area (TPSA) is 27.1 Å². The third-order valence-corrected chi connectivity index (χ3v) is 4.72. The number of hydrogen-bond donors (Lipinski definition) is 0. The van der Waals surface area contributed by atoms with Gasteiger partial charge in [0.05, 0.1) is 18.5 Å². The van der Waals surface area contributed by atoms with Crippen LogP contribution in [0.4, 0.5) is 0 Å². The first-order valence-corrected chi connectivity index (χ1v) is 9.18. The molecular formula is C24H22N2O. The molecule has 0 aliphatic rings. The number of rotatable bonds is 5. The lowest BCUT2D eigenvalue weighted by Gasteiger charge is -2.12. The summed E-state index contributed by atoms with van der Waals surface area (Å²) in [5.74, 6) is 1.79. The van der Waals surface area contributed by atoms with Crippen molar-refractivity contribution in [1.82, 2.24) is 9.55 Å². The molecule has 1 aromatic heterocycles. The van der Waals surface area contributed by atoms with Gasteiger partial charge in [-0.15, -0.1) is 0 Å². The number of aromatic nitrogens is 2. The Morgan fingerprint density at radius 3 is 2.00 bits per heavy atom. The van der Waals surface area contributed by atoms with Gasteiger partial charge in [-0.3, -0.25) is 4.57 Å². The molecule has 3 nitrogen and oxygen atoms in total. The average Bonchev–Trinajstić information content (AvgIpc) is 3.14. The molecule has 27 heavy (non-hydrogen) atoms. The summed E-state index contributed by atoms with van der Waals surface area (Å²) in [6, 6.07) is 28.9. The van der Waals surface area contributed by atoms with E-state index < -0.39 is 0 Å². The standard InChI is InChI=1S/C24H22N2O/c1-3-22-23(18-10-6-4-7-11-18)25-24(19-14-16-21(27-2)17-15-19)26(22)20-12-8-5-9-13-20/h4-17H,3H2,1-2H3. The summed E-state index contributed by atoms with van der Waals surface area (Å²) in [4.78, 5) is 5.08. The van der Waals surface area contributed by atoms with Crippen LogP contribution in [0.1, 0.15) is 12.6 Å². The Labute approximate surface area is 159 Å². The Hall–Kier alpha value is -3.33. The van der Waals surface area contributed by atoms with E-state index in [9.17, 15) is 0 Å². The van der Waals surface area contributed by atoms with Crippen molar-refractivity contribution in [2.75, 3.05) is 7.11 Å². The molecule has 0 bridgehead atoms. The van der Waals surface area contributed by atoms with Gasteiger partial charge in [-0.25, -0.2) is 4.98 Å². The van der Waals surface area contributed by atoms with Crippen LogP contribution in [0.2, 0.25) is 0 Å². The molecule has 0 aliphatic heterocycles. The number of imidazole rings is 1. The van der Waals surface area contributed by atoms with Crippen molar-refractivity contribution in [2.24, 2.45) is 0 Å². The van der Waals surface area contributed by atoms with Gasteiger partial charge in [0.25, 0.3) is 0 Å². The van der Waals surface area contributed by atoms with Gasteiger partial charge >= 0.3 is 0 Å². The number of methoxy groups -OCH3 is 1. The maximum Gasteiger partial charge on any atom is 0.145 e. The fourth-order valence-corrected chi connectivity index (χ4v) is 3.40. The second-order valence-corrected chi connectivity index (χ2v) is 6.35. The highest BCUT2D eigenvalue weighted by molar-refractivity contribution is 5.71.